The zero-order valence-corrected chi connectivity index (χ0v) is 30.9. The molecule has 4 saturated heterocycles. The van der Waals surface area contributed by atoms with Gasteiger partial charge in [0.15, 0.2) is 0 Å². The van der Waals surface area contributed by atoms with E-state index in [9.17, 15) is 8.78 Å². The van der Waals surface area contributed by atoms with Crippen LogP contribution in [-0.2, 0) is 31.8 Å². The minimum Gasteiger partial charge on any atom is -0.491 e. The van der Waals surface area contributed by atoms with Gasteiger partial charge in [-0.15, -0.1) is 0 Å². The van der Waals surface area contributed by atoms with Gasteiger partial charge in [0.05, 0.1) is 38.6 Å². The normalized spacial score (nSPS) is 20.0. The van der Waals surface area contributed by atoms with Crippen molar-refractivity contribution in [3.63, 3.8) is 0 Å². The first-order valence-electron chi connectivity index (χ1n) is 19.2. The highest BCUT2D eigenvalue weighted by atomic mass is 19.1. The number of hydrogen-bond donors (Lipinski definition) is 0. The van der Waals surface area contributed by atoms with E-state index < -0.39 is 0 Å². The van der Waals surface area contributed by atoms with Crippen LogP contribution in [0.1, 0.15) is 11.1 Å². The Morgan fingerprint density at radius 3 is 1.07 bits per heavy atom. The van der Waals surface area contributed by atoms with Crippen LogP contribution >= 0.6 is 0 Å². The van der Waals surface area contributed by atoms with E-state index in [2.05, 4.69) is 36.4 Å². The van der Waals surface area contributed by atoms with Gasteiger partial charge in [-0.25, -0.2) is 8.78 Å². The van der Waals surface area contributed by atoms with Crippen molar-refractivity contribution < 1.29 is 37.2 Å². The van der Waals surface area contributed by atoms with Crippen molar-refractivity contribution in [1.29, 1.82) is 0 Å². The molecule has 6 aromatic rings. The highest BCUT2D eigenvalue weighted by Gasteiger charge is 2.25. The molecular formula is C48H42F2O6. The van der Waals surface area contributed by atoms with E-state index in [1.165, 1.54) is 11.1 Å². The Hall–Kier alpha value is -5.38. The fourth-order valence-electron chi connectivity index (χ4n) is 6.59. The molecule has 0 aromatic heterocycles. The van der Waals surface area contributed by atoms with Crippen LogP contribution in [0.25, 0.3) is 44.5 Å². The Morgan fingerprint density at radius 1 is 0.393 bits per heavy atom. The fourth-order valence-corrected chi connectivity index (χ4v) is 6.59. The van der Waals surface area contributed by atoms with E-state index in [1.54, 1.807) is 12.1 Å². The van der Waals surface area contributed by atoms with Gasteiger partial charge < -0.3 is 28.4 Å². The van der Waals surface area contributed by atoms with Crippen molar-refractivity contribution in [1.82, 2.24) is 0 Å². The molecule has 6 nitrogen and oxygen atoms in total. The van der Waals surface area contributed by atoms with Gasteiger partial charge in [0.1, 0.15) is 48.6 Å². The Morgan fingerprint density at radius 2 is 0.714 bits per heavy atom. The summed E-state index contributed by atoms with van der Waals surface area (Å²) >= 11 is 0. The minimum atomic E-state index is -0.256. The smallest absolute Gasteiger partial charge is 0.131 e. The Labute approximate surface area is 325 Å². The maximum Gasteiger partial charge on any atom is 0.131 e. The average Bonchev–Trinajstić information content (AvgIpc) is 4.00. The fraction of sp³-hybridized carbons (Fsp3) is 0.250. The molecule has 56 heavy (non-hydrogen) atoms. The van der Waals surface area contributed by atoms with Crippen molar-refractivity contribution in [3.8, 4) is 56.0 Å². The third-order valence-electron chi connectivity index (χ3n) is 10.3. The number of ether oxygens (including phenoxy) is 6. The zero-order valence-electron chi connectivity index (χ0n) is 30.9. The molecule has 4 aliphatic rings. The quantitative estimate of drug-likeness (QED) is 0.103. The third kappa shape index (κ3) is 9.70. The number of rotatable bonds is 14. The van der Waals surface area contributed by atoms with Crippen LogP contribution in [0.4, 0.5) is 8.78 Å². The topological polar surface area (TPSA) is 68.6 Å². The van der Waals surface area contributed by atoms with Crippen LogP contribution in [0.3, 0.4) is 0 Å². The summed E-state index contributed by atoms with van der Waals surface area (Å²) in [6.45, 7) is 4.38. The highest BCUT2D eigenvalue weighted by Crippen LogP contribution is 2.32. The summed E-state index contributed by atoms with van der Waals surface area (Å²) in [4.78, 5) is 0. The summed E-state index contributed by atoms with van der Waals surface area (Å²) in [5.74, 6) is 1.10. The van der Waals surface area contributed by atoms with Gasteiger partial charge in [0.2, 0.25) is 0 Å². The van der Waals surface area contributed by atoms with E-state index in [-0.39, 0.29) is 23.8 Å². The summed E-state index contributed by atoms with van der Waals surface area (Å²) in [5, 5.41) is 0. The van der Waals surface area contributed by atoms with Gasteiger partial charge in [0, 0.05) is 24.0 Å². The van der Waals surface area contributed by atoms with Crippen molar-refractivity contribution in [3.05, 3.63) is 156 Å². The second-order valence-corrected chi connectivity index (χ2v) is 14.7. The zero-order chi connectivity index (χ0) is 37.8. The van der Waals surface area contributed by atoms with E-state index in [4.69, 9.17) is 28.4 Å². The van der Waals surface area contributed by atoms with E-state index in [0.717, 1.165) is 84.1 Å². The molecule has 4 aliphatic heterocycles. The summed E-state index contributed by atoms with van der Waals surface area (Å²) in [5.41, 5.74) is 9.10. The van der Waals surface area contributed by atoms with Crippen molar-refractivity contribution in [2.45, 2.75) is 37.3 Å². The van der Waals surface area contributed by atoms with Gasteiger partial charge in [-0.3, -0.25) is 0 Å². The summed E-state index contributed by atoms with van der Waals surface area (Å²) in [7, 11) is 0. The van der Waals surface area contributed by atoms with E-state index in [0.29, 0.717) is 36.5 Å². The lowest BCUT2D eigenvalue weighted by Gasteiger charge is -2.09. The second-order valence-electron chi connectivity index (χ2n) is 14.7. The molecule has 4 fully saturated rings. The van der Waals surface area contributed by atoms with Crippen molar-refractivity contribution in [2.24, 2.45) is 0 Å². The lowest BCUT2D eigenvalue weighted by molar-refractivity contribution is 0.263. The van der Waals surface area contributed by atoms with Crippen LogP contribution in [-0.4, -0.2) is 64.1 Å². The monoisotopic (exact) mass is 752 g/mol. The molecular weight excluding hydrogens is 711 g/mol. The van der Waals surface area contributed by atoms with Crippen molar-refractivity contribution in [2.75, 3.05) is 39.6 Å². The molecule has 284 valence electrons. The first kappa shape index (κ1) is 36.3. The number of benzene rings is 6. The average molecular weight is 753 g/mol. The first-order valence-corrected chi connectivity index (χ1v) is 19.2. The van der Waals surface area contributed by atoms with Crippen LogP contribution in [0.5, 0.6) is 11.5 Å². The molecule has 0 N–H and O–H groups in total. The number of halogens is 2. The van der Waals surface area contributed by atoms with Gasteiger partial charge in [-0.1, -0.05) is 97.1 Å². The maximum absolute atomic E-state index is 14.8. The molecule has 0 saturated carbocycles. The molecule has 4 unspecified atom stereocenters. The van der Waals surface area contributed by atoms with Gasteiger partial charge in [-0.2, -0.15) is 0 Å². The van der Waals surface area contributed by atoms with Crippen LogP contribution < -0.4 is 9.47 Å². The molecule has 8 heteroatoms. The van der Waals surface area contributed by atoms with Gasteiger partial charge in [-0.05, 0) is 80.9 Å². The Balaban J connectivity index is 0.000000147. The lowest BCUT2D eigenvalue weighted by atomic mass is 9.97. The third-order valence-corrected chi connectivity index (χ3v) is 10.3. The SMILES string of the molecule is Fc1cc(-c2ccc(CC3CO3)cc2)ccc1-c1ccc(CC2CO2)cc1.Fc1cc(-c2ccc(OCC3CO3)cc2)ccc1-c1ccc(OCC2CO2)cc1. The maximum atomic E-state index is 14.8. The largest absolute Gasteiger partial charge is 0.491 e. The molecule has 0 bridgehead atoms. The predicted octanol–water partition coefficient (Wildman–Crippen LogP) is 9.76. The molecule has 0 radical (unpaired) electrons. The summed E-state index contributed by atoms with van der Waals surface area (Å²) < 4.78 is 61.6. The molecule has 6 aromatic carbocycles. The van der Waals surface area contributed by atoms with E-state index >= 15 is 0 Å². The van der Waals surface area contributed by atoms with E-state index in [1.807, 2.05) is 84.9 Å². The summed E-state index contributed by atoms with van der Waals surface area (Å²) in [6.07, 6.45) is 3.09. The predicted molar refractivity (Wildman–Crippen MR) is 212 cm³/mol. The molecule has 4 heterocycles. The standard InChI is InChI=1S/C24H21FO4.C24H21FO2/c25-24-11-18(16-1-6-19(7-2-16)26-12-21-14-28-21)5-10-23(24)17-3-8-20(9-4-17)27-13-22-15-29-22;25-24-13-20(18-5-1-16(2-6-18)11-21-14-26-21)9-10-23(24)19-7-3-17(4-8-19)12-22-15-27-22/h1-11,21-22H,12-15H2;1-10,13,21-22H,11-12,14-15H2. The van der Waals surface area contributed by atoms with Gasteiger partial charge >= 0.3 is 0 Å². The highest BCUT2D eigenvalue weighted by molar-refractivity contribution is 5.73. The Kier molecular flexibility index (Phi) is 10.6. The number of epoxide rings is 4. The van der Waals surface area contributed by atoms with Crippen LogP contribution in [0.15, 0.2) is 133 Å². The minimum absolute atomic E-state index is 0.193. The first-order chi connectivity index (χ1) is 27.5. The molecule has 0 aliphatic carbocycles. The molecule has 4 atom stereocenters. The molecule has 0 amide bonds. The summed E-state index contributed by atoms with van der Waals surface area (Å²) in [6, 6.07) is 42.4. The van der Waals surface area contributed by atoms with Crippen LogP contribution in [0.2, 0.25) is 0 Å². The van der Waals surface area contributed by atoms with Crippen LogP contribution in [0, 0.1) is 11.6 Å². The lowest BCUT2D eigenvalue weighted by Crippen LogP contribution is -2.03. The van der Waals surface area contributed by atoms with Gasteiger partial charge in [0.25, 0.3) is 0 Å². The second kappa shape index (κ2) is 16.4. The molecule has 0 spiro atoms. The Bertz CT molecular complexity index is 2240. The van der Waals surface area contributed by atoms with Crippen molar-refractivity contribution >= 4 is 0 Å². The molecule has 10 rings (SSSR count). The number of hydrogen-bond acceptors (Lipinski definition) is 6.